The molecular formula is C7H9NO2S2. The van der Waals surface area contributed by atoms with Gasteiger partial charge in [-0.15, -0.1) is 12.6 Å². The van der Waals surface area contributed by atoms with Crippen LogP contribution in [0.1, 0.15) is 0 Å². The Morgan fingerprint density at radius 3 is 2.42 bits per heavy atom. The van der Waals surface area contributed by atoms with Gasteiger partial charge in [0.2, 0.25) is 0 Å². The molecule has 0 heterocycles. The monoisotopic (exact) mass is 203 g/mol. The Morgan fingerprint density at radius 1 is 1.42 bits per heavy atom. The van der Waals surface area contributed by atoms with Crippen molar-refractivity contribution in [3.05, 3.63) is 18.2 Å². The lowest BCUT2D eigenvalue weighted by Crippen LogP contribution is -2.02. The van der Waals surface area contributed by atoms with Crippen LogP contribution in [0.25, 0.3) is 0 Å². The second-order valence-corrected chi connectivity index (χ2v) is 4.93. The predicted molar refractivity (Wildman–Crippen MR) is 51.2 cm³/mol. The van der Waals surface area contributed by atoms with Gasteiger partial charge in [-0.3, -0.25) is 0 Å². The quantitative estimate of drug-likeness (QED) is 0.528. The van der Waals surface area contributed by atoms with Crippen molar-refractivity contribution in [3.8, 4) is 0 Å². The third-order valence-corrected chi connectivity index (χ3v) is 2.99. The molecule has 0 amide bonds. The summed E-state index contributed by atoms with van der Waals surface area (Å²) in [5.74, 6) is 0. The van der Waals surface area contributed by atoms with Gasteiger partial charge in [-0.1, -0.05) is 6.07 Å². The van der Waals surface area contributed by atoms with E-state index in [1.807, 2.05) is 0 Å². The molecule has 66 valence electrons. The first kappa shape index (κ1) is 9.41. The third kappa shape index (κ3) is 1.73. The van der Waals surface area contributed by atoms with E-state index in [1.165, 1.54) is 6.07 Å². The Balaban J connectivity index is 3.47. The van der Waals surface area contributed by atoms with E-state index >= 15 is 0 Å². The zero-order valence-corrected chi connectivity index (χ0v) is 8.19. The summed E-state index contributed by atoms with van der Waals surface area (Å²) in [5, 5.41) is 0. The Labute approximate surface area is 76.9 Å². The van der Waals surface area contributed by atoms with Crippen molar-refractivity contribution in [1.29, 1.82) is 0 Å². The minimum atomic E-state index is -3.23. The average molecular weight is 203 g/mol. The highest BCUT2D eigenvalue weighted by Gasteiger charge is 2.11. The molecule has 1 aromatic rings. The standard InChI is InChI=1S/C7H9NO2S2/c1-12(9,10)6-4-2-3-5(11)7(6)8/h2-4,11H,8H2,1H3. The van der Waals surface area contributed by atoms with Crippen LogP contribution in [-0.4, -0.2) is 14.7 Å². The Kier molecular flexibility index (Phi) is 2.34. The van der Waals surface area contributed by atoms with Crippen molar-refractivity contribution in [3.63, 3.8) is 0 Å². The van der Waals surface area contributed by atoms with Crippen LogP contribution in [0.15, 0.2) is 28.0 Å². The maximum absolute atomic E-state index is 11.1. The molecule has 0 spiro atoms. The Bertz CT molecular complexity index is 398. The van der Waals surface area contributed by atoms with Gasteiger partial charge in [0, 0.05) is 11.2 Å². The lowest BCUT2D eigenvalue weighted by atomic mass is 10.3. The Morgan fingerprint density at radius 2 is 2.00 bits per heavy atom. The van der Waals surface area contributed by atoms with E-state index in [-0.39, 0.29) is 10.6 Å². The van der Waals surface area contributed by atoms with Gasteiger partial charge >= 0.3 is 0 Å². The van der Waals surface area contributed by atoms with Crippen LogP contribution < -0.4 is 5.73 Å². The largest absolute Gasteiger partial charge is 0.397 e. The summed E-state index contributed by atoms with van der Waals surface area (Å²) in [4.78, 5) is 0.618. The van der Waals surface area contributed by atoms with Gasteiger partial charge in [-0.05, 0) is 12.1 Å². The van der Waals surface area contributed by atoms with Gasteiger partial charge in [0.05, 0.1) is 10.6 Å². The summed E-state index contributed by atoms with van der Waals surface area (Å²) in [6.45, 7) is 0. The smallest absolute Gasteiger partial charge is 0.177 e. The molecule has 0 radical (unpaired) electrons. The fourth-order valence-electron chi connectivity index (χ4n) is 0.856. The van der Waals surface area contributed by atoms with Crippen molar-refractivity contribution in [2.45, 2.75) is 9.79 Å². The molecule has 0 aliphatic rings. The summed E-state index contributed by atoms with van der Waals surface area (Å²) >= 11 is 4.01. The molecule has 0 bridgehead atoms. The average Bonchev–Trinajstić information content (AvgIpc) is 1.92. The maximum Gasteiger partial charge on any atom is 0.177 e. The van der Waals surface area contributed by atoms with Crippen LogP contribution >= 0.6 is 12.6 Å². The fourth-order valence-corrected chi connectivity index (χ4v) is 1.97. The van der Waals surface area contributed by atoms with Crippen LogP contribution in [0.3, 0.4) is 0 Å². The number of nitrogens with two attached hydrogens (primary N) is 1. The number of sulfone groups is 1. The van der Waals surface area contributed by atoms with Crippen molar-refractivity contribution >= 4 is 28.2 Å². The molecule has 0 atom stereocenters. The summed E-state index contributed by atoms with van der Waals surface area (Å²) in [6, 6.07) is 4.71. The van der Waals surface area contributed by atoms with E-state index in [9.17, 15) is 8.42 Å². The van der Waals surface area contributed by atoms with Crippen molar-refractivity contribution in [1.82, 2.24) is 0 Å². The van der Waals surface area contributed by atoms with Gasteiger partial charge in [0.1, 0.15) is 0 Å². The molecule has 0 aliphatic heterocycles. The highest BCUT2D eigenvalue weighted by Crippen LogP contribution is 2.24. The summed E-state index contributed by atoms with van der Waals surface area (Å²) < 4.78 is 22.2. The number of anilines is 1. The zero-order chi connectivity index (χ0) is 9.35. The van der Waals surface area contributed by atoms with E-state index < -0.39 is 9.84 Å². The molecule has 2 N–H and O–H groups in total. The van der Waals surface area contributed by atoms with E-state index in [0.29, 0.717) is 4.90 Å². The van der Waals surface area contributed by atoms with Gasteiger partial charge in [0.15, 0.2) is 9.84 Å². The van der Waals surface area contributed by atoms with Gasteiger partial charge in [-0.25, -0.2) is 8.42 Å². The summed E-state index contributed by atoms with van der Waals surface area (Å²) in [7, 11) is -3.23. The second kappa shape index (κ2) is 2.99. The molecule has 0 aliphatic carbocycles. The summed E-state index contributed by atoms with van der Waals surface area (Å²) in [5.41, 5.74) is 5.72. The SMILES string of the molecule is CS(=O)(=O)c1cccc(S)c1N. The van der Waals surface area contributed by atoms with E-state index in [0.717, 1.165) is 6.26 Å². The first-order valence-corrected chi connectivity index (χ1v) is 5.54. The molecule has 0 fully saturated rings. The molecule has 0 unspecified atom stereocenters. The van der Waals surface area contributed by atoms with Gasteiger partial charge < -0.3 is 5.73 Å². The fraction of sp³-hybridized carbons (Fsp3) is 0.143. The van der Waals surface area contributed by atoms with Crippen molar-refractivity contribution in [2.75, 3.05) is 12.0 Å². The Hall–Kier alpha value is -0.680. The number of benzene rings is 1. The number of nitrogen functional groups attached to an aromatic ring is 1. The number of rotatable bonds is 1. The van der Waals surface area contributed by atoms with Gasteiger partial charge in [0.25, 0.3) is 0 Å². The van der Waals surface area contributed by atoms with Crippen LogP contribution in [0.4, 0.5) is 5.69 Å². The molecule has 12 heavy (non-hydrogen) atoms. The molecular weight excluding hydrogens is 194 g/mol. The first-order valence-electron chi connectivity index (χ1n) is 3.20. The molecule has 0 saturated heterocycles. The molecule has 1 rings (SSSR count). The first-order chi connectivity index (χ1) is 5.43. The summed E-state index contributed by atoms with van der Waals surface area (Å²) in [6.07, 6.45) is 1.12. The van der Waals surface area contributed by atoms with Crippen molar-refractivity contribution < 1.29 is 8.42 Å². The van der Waals surface area contributed by atoms with E-state index in [1.54, 1.807) is 12.1 Å². The van der Waals surface area contributed by atoms with Crippen LogP contribution in [0.2, 0.25) is 0 Å². The highest BCUT2D eigenvalue weighted by atomic mass is 32.2. The normalized spacial score (nSPS) is 11.5. The minimum Gasteiger partial charge on any atom is -0.397 e. The molecule has 1 aromatic carbocycles. The second-order valence-electron chi connectivity index (χ2n) is 2.46. The van der Waals surface area contributed by atoms with E-state index in [4.69, 9.17) is 5.73 Å². The number of thiol groups is 1. The number of hydrogen-bond donors (Lipinski definition) is 2. The molecule has 3 nitrogen and oxygen atoms in total. The van der Waals surface area contributed by atoms with E-state index in [2.05, 4.69) is 12.6 Å². The number of para-hydroxylation sites is 1. The highest BCUT2D eigenvalue weighted by molar-refractivity contribution is 7.91. The van der Waals surface area contributed by atoms with Gasteiger partial charge in [-0.2, -0.15) is 0 Å². The topological polar surface area (TPSA) is 60.2 Å². The minimum absolute atomic E-state index is 0.134. The lowest BCUT2D eigenvalue weighted by molar-refractivity contribution is 0.602. The lowest BCUT2D eigenvalue weighted by Gasteiger charge is -2.04. The van der Waals surface area contributed by atoms with Crippen LogP contribution in [0, 0.1) is 0 Å². The molecule has 0 aromatic heterocycles. The van der Waals surface area contributed by atoms with Crippen molar-refractivity contribution in [2.24, 2.45) is 0 Å². The van der Waals surface area contributed by atoms with Crippen LogP contribution in [0.5, 0.6) is 0 Å². The predicted octanol–water partition coefficient (Wildman–Crippen LogP) is 0.961. The third-order valence-electron chi connectivity index (χ3n) is 1.44. The molecule has 5 heteroatoms. The molecule has 0 saturated carbocycles. The van der Waals surface area contributed by atoms with Crippen LogP contribution in [-0.2, 0) is 9.84 Å². The zero-order valence-electron chi connectivity index (χ0n) is 6.48. The number of hydrogen-bond acceptors (Lipinski definition) is 4. The maximum atomic E-state index is 11.1.